The Kier molecular flexibility index (Phi) is 5.77. The third kappa shape index (κ3) is 4.38. The number of carbonyl (C=O) groups excluding carboxylic acids is 3. The molecule has 0 atom stereocenters. The second-order valence-corrected chi connectivity index (χ2v) is 6.97. The third-order valence-corrected chi connectivity index (χ3v) is 4.82. The molecule has 1 saturated heterocycles. The van der Waals surface area contributed by atoms with Crippen LogP contribution in [-0.4, -0.2) is 35.5 Å². The summed E-state index contributed by atoms with van der Waals surface area (Å²) in [5, 5.41) is 11.3. The number of furan rings is 1. The summed E-state index contributed by atoms with van der Waals surface area (Å²) in [6, 6.07) is 14.7. The van der Waals surface area contributed by atoms with E-state index in [-0.39, 0.29) is 22.6 Å². The molecule has 0 saturated carbocycles. The number of nitrogens with zero attached hydrogens (tertiary/aromatic N) is 1. The number of anilines is 1. The van der Waals surface area contributed by atoms with E-state index < -0.39 is 23.8 Å². The van der Waals surface area contributed by atoms with Gasteiger partial charge in [0.2, 0.25) is 0 Å². The number of nitrogens with one attached hydrogen (secondary N) is 1. The largest absolute Gasteiger partial charge is 0.494 e. The summed E-state index contributed by atoms with van der Waals surface area (Å²) in [7, 11) is 0. The van der Waals surface area contributed by atoms with Crippen LogP contribution >= 0.6 is 0 Å². The van der Waals surface area contributed by atoms with Crippen molar-refractivity contribution in [3.05, 3.63) is 77.6 Å². The summed E-state index contributed by atoms with van der Waals surface area (Å²) >= 11 is 0. The Bertz CT molecular complexity index is 1290. The van der Waals surface area contributed by atoms with Crippen LogP contribution in [0.25, 0.3) is 17.4 Å². The van der Waals surface area contributed by atoms with E-state index in [1.165, 1.54) is 36.4 Å². The minimum Gasteiger partial charge on any atom is -0.494 e. The number of carboxylic acids is 1. The maximum Gasteiger partial charge on any atom is 0.335 e. The van der Waals surface area contributed by atoms with Crippen LogP contribution in [-0.2, 0) is 9.59 Å². The first-order valence-electron chi connectivity index (χ1n) is 9.95. The fraction of sp³-hybridized carbons (Fsp3) is 0.0833. The molecule has 1 aliphatic rings. The van der Waals surface area contributed by atoms with Crippen molar-refractivity contribution in [2.24, 2.45) is 0 Å². The number of carbonyl (C=O) groups is 4. The molecular weight excluding hydrogens is 428 g/mol. The number of ether oxygens (including phenoxy) is 1. The highest BCUT2D eigenvalue weighted by Crippen LogP contribution is 2.27. The lowest BCUT2D eigenvalue weighted by Crippen LogP contribution is -2.54. The maximum absolute atomic E-state index is 13.0. The molecule has 1 fully saturated rings. The van der Waals surface area contributed by atoms with Gasteiger partial charge in [-0.3, -0.25) is 14.9 Å². The molecule has 2 N–H and O–H groups in total. The SMILES string of the molecule is CCOc1ccc(N2C(=O)NC(=O)/C(=C/c3ccc(-c4cccc(C(=O)O)c4)o3)C2=O)cc1. The van der Waals surface area contributed by atoms with Gasteiger partial charge >= 0.3 is 12.0 Å². The van der Waals surface area contributed by atoms with Crippen LogP contribution < -0.4 is 15.0 Å². The van der Waals surface area contributed by atoms with Crippen molar-refractivity contribution in [2.75, 3.05) is 11.5 Å². The Balaban J connectivity index is 1.63. The van der Waals surface area contributed by atoms with Crippen molar-refractivity contribution in [1.29, 1.82) is 0 Å². The average molecular weight is 446 g/mol. The van der Waals surface area contributed by atoms with Crippen molar-refractivity contribution in [1.82, 2.24) is 5.32 Å². The van der Waals surface area contributed by atoms with Gasteiger partial charge in [-0.25, -0.2) is 14.5 Å². The Morgan fingerprint density at radius 3 is 2.55 bits per heavy atom. The number of hydrogen-bond donors (Lipinski definition) is 2. The van der Waals surface area contributed by atoms with Gasteiger partial charge < -0.3 is 14.3 Å². The third-order valence-electron chi connectivity index (χ3n) is 4.82. The molecule has 9 nitrogen and oxygen atoms in total. The van der Waals surface area contributed by atoms with Gasteiger partial charge in [-0.2, -0.15) is 0 Å². The van der Waals surface area contributed by atoms with Gasteiger partial charge in [0.05, 0.1) is 17.9 Å². The summed E-state index contributed by atoms with van der Waals surface area (Å²) in [5.74, 6) is -1.61. The van der Waals surface area contributed by atoms with E-state index in [4.69, 9.17) is 14.3 Å². The van der Waals surface area contributed by atoms with Gasteiger partial charge in [0.1, 0.15) is 22.8 Å². The zero-order chi connectivity index (χ0) is 23.5. The number of hydrogen-bond acceptors (Lipinski definition) is 6. The van der Waals surface area contributed by atoms with Gasteiger partial charge in [0.15, 0.2) is 0 Å². The molecule has 3 aromatic rings. The second-order valence-electron chi connectivity index (χ2n) is 6.97. The van der Waals surface area contributed by atoms with E-state index in [0.717, 1.165) is 4.90 Å². The normalized spacial score (nSPS) is 15.0. The quantitative estimate of drug-likeness (QED) is 0.437. The first kappa shape index (κ1) is 21.6. The van der Waals surface area contributed by atoms with Gasteiger partial charge in [-0.15, -0.1) is 0 Å². The maximum atomic E-state index is 13.0. The second kappa shape index (κ2) is 8.83. The molecule has 0 bridgehead atoms. The molecule has 2 aromatic carbocycles. The Labute approximate surface area is 187 Å². The van der Waals surface area contributed by atoms with Crippen LogP contribution in [0.3, 0.4) is 0 Å². The van der Waals surface area contributed by atoms with Crippen LogP contribution in [0.5, 0.6) is 5.75 Å². The van der Waals surface area contributed by atoms with Crippen LogP contribution in [0.2, 0.25) is 0 Å². The zero-order valence-electron chi connectivity index (χ0n) is 17.4. The monoisotopic (exact) mass is 446 g/mol. The molecule has 0 radical (unpaired) electrons. The van der Waals surface area contributed by atoms with Gasteiger partial charge in [-0.1, -0.05) is 12.1 Å². The molecule has 0 aliphatic carbocycles. The van der Waals surface area contributed by atoms with Crippen LogP contribution in [0, 0.1) is 0 Å². The van der Waals surface area contributed by atoms with E-state index in [2.05, 4.69) is 5.32 Å². The van der Waals surface area contributed by atoms with Crippen molar-refractivity contribution >= 4 is 35.6 Å². The van der Waals surface area contributed by atoms with Gasteiger partial charge in [-0.05, 0) is 61.5 Å². The zero-order valence-corrected chi connectivity index (χ0v) is 17.4. The Hall–Kier alpha value is -4.66. The van der Waals surface area contributed by atoms with Crippen molar-refractivity contribution in [3.63, 3.8) is 0 Å². The fourth-order valence-electron chi connectivity index (χ4n) is 3.28. The van der Waals surface area contributed by atoms with Gasteiger partial charge in [0, 0.05) is 5.56 Å². The summed E-state index contributed by atoms with van der Waals surface area (Å²) in [6.07, 6.45) is 1.23. The molecule has 166 valence electrons. The summed E-state index contributed by atoms with van der Waals surface area (Å²) in [5.41, 5.74) is 0.592. The minimum atomic E-state index is -1.07. The van der Waals surface area contributed by atoms with E-state index in [1.54, 1.807) is 30.3 Å². The first-order chi connectivity index (χ1) is 15.9. The molecule has 0 spiro atoms. The minimum absolute atomic E-state index is 0.0927. The number of amides is 4. The number of rotatable bonds is 6. The highest BCUT2D eigenvalue weighted by Gasteiger charge is 2.37. The first-order valence-corrected chi connectivity index (χ1v) is 9.95. The molecular formula is C24H18N2O7. The Morgan fingerprint density at radius 1 is 1.09 bits per heavy atom. The number of carboxylic acid groups (broad SMARTS) is 1. The molecule has 33 heavy (non-hydrogen) atoms. The van der Waals surface area contributed by atoms with Crippen molar-refractivity contribution in [2.45, 2.75) is 6.92 Å². The van der Waals surface area contributed by atoms with Crippen LogP contribution in [0.15, 0.2) is 70.7 Å². The predicted octanol–water partition coefficient (Wildman–Crippen LogP) is 3.71. The molecule has 9 heteroatoms. The topological polar surface area (TPSA) is 126 Å². The predicted molar refractivity (Wildman–Crippen MR) is 118 cm³/mol. The van der Waals surface area contributed by atoms with E-state index in [0.29, 0.717) is 23.7 Å². The lowest BCUT2D eigenvalue weighted by molar-refractivity contribution is -0.122. The molecule has 4 amide bonds. The molecule has 0 unspecified atom stereocenters. The number of benzene rings is 2. The highest BCUT2D eigenvalue weighted by molar-refractivity contribution is 6.39. The van der Waals surface area contributed by atoms with E-state index in [9.17, 15) is 19.2 Å². The number of urea groups is 1. The highest BCUT2D eigenvalue weighted by atomic mass is 16.5. The summed E-state index contributed by atoms with van der Waals surface area (Å²) < 4.78 is 11.1. The molecule has 1 aromatic heterocycles. The molecule has 4 rings (SSSR count). The number of imide groups is 2. The summed E-state index contributed by atoms with van der Waals surface area (Å²) in [6.45, 7) is 2.30. The van der Waals surface area contributed by atoms with E-state index >= 15 is 0 Å². The molecule has 1 aliphatic heterocycles. The van der Waals surface area contributed by atoms with Crippen molar-refractivity contribution < 1.29 is 33.4 Å². The average Bonchev–Trinajstić information content (AvgIpc) is 3.27. The summed E-state index contributed by atoms with van der Waals surface area (Å²) in [4.78, 5) is 49.7. The fourth-order valence-corrected chi connectivity index (χ4v) is 3.28. The lowest BCUT2D eigenvalue weighted by Gasteiger charge is -2.26. The van der Waals surface area contributed by atoms with Crippen molar-refractivity contribution in [3.8, 4) is 17.1 Å². The van der Waals surface area contributed by atoms with Crippen LogP contribution in [0.1, 0.15) is 23.0 Å². The number of aromatic carboxylic acids is 1. The lowest BCUT2D eigenvalue weighted by atomic mass is 10.1. The standard InChI is InChI=1S/C24H18N2O7/c1-2-32-17-8-6-16(7-9-17)26-22(28)19(21(27)25-24(26)31)13-18-10-11-20(33-18)14-4-3-5-15(12-14)23(29)30/h3-13H,2H2,1H3,(H,29,30)(H,25,27,31)/b19-13-. The van der Waals surface area contributed by atoms with E-state index in [1.807, 2.05) is 6.92 Å². The molecule has 2 heterocycles. The van der Waals surface area contributed by atoms with Crippen LogP contribution in [0.4, 0.5) is 10.5 Å². The smallest absolute Gasteiger partial charge is 0.335 e. The number of barbiturate groups is 1. The van der Waals surface area contributed by atoms with Gasteiger partial charge in [0.25, 0.3) is 11.8 Å². The Morgan fingerprint density at radius 2 is 1.85 bits per heavy atom.